The number of methoxy groups -OCH3 is 1. The number of amides is 1. The molecule has 2 N–H and O–H groups in total. The van der Waals surface area contributed by atoms with Gasteiger partial charge in [-0.3, -0.25) is 9.69 Å². The molecule has 2 saturated heterocycles. The van der Waals surface area contributed by atoms with Crippen LogP contribution in [0.4, 0.5) is 0 Å². The fraction of sp³-hybridized carbons (Fsp3) is 0.614. The van der Waals surface area contributed by atoms with Crippen LogP contribution in [-0.2, 0) is 34.1 Å². The number of unbranched alkanes of at least 4 members (excludes halogenated alkanes) is 8. The fourth-order valence-electron chi connectivity index (χ4n) is 8.16. The number of aliphatic hydroxyl groups is 1. The summed E-state index contributed by atoms with van der Waals surface area (Å²) >= 11 is 5.85. The minimum Gasteiger partial charge on any atom is -0.479 e. The van der Waals surface area contributed by atoms with Gasteiger partial charge in [0.25, 0.3) is 5.17 Å². The lowest BCUT2D eigenvalue weighted by Crippen LogP contribution is -2.56. The van der Waals surface area contributed by atoms with Crippen molar-refractivity contribution in [1.29, 1.82) is 0 Å². The topological polar surface area (TPSA) is 115 Å². The van der Waals surface area contributed by atoms with Gasteiger partial charge < -0.3 is 29.2 Å². The molecule has 4 rings (SSSR count). The van der Waals surface area contributed by atoms with Crippen molar-refractivity contribution in [2.75, 3.05) is 26.9 Å². The lowest BCUT2D eigenvalue weighted by atomic mass is 9.75. The van der Waals surface area contributed by atoms with E-state index in [0.29, 0.717) is 19.6 Å². The number of thiocarbonyl (C=S) groups is 1. The molecule has 0 aliphatic carbocycles. The number of nitrogens with zero attached hydrogens (tertiary/aromatic N) is 1. The van der Waals surface area contributed by atoms with E-state index in [1.54, 1.807) is 6.08 Å². The second-order valence-corrected chi connectivity index (χ2v) is 15.5. The highest BCUT2D eigenvalue weighted by Gasteiger charge is 2.60. The molecule has 2 fully saturated rings. The average Bonchev–Trinajstić information content (AvgIpc) is 3.77. The van der Waals surface area contributed by atoms with Gasteiger partial charge in [-0.25, -0.2) is 4.79 Å². The lowest BCUT2D eigenvalue weighted by Gasteiger charge is -2.39. The van der Waals surface area contributed by atoms with E-state index in [4.69, 9.17) is 31.2 Å². The Morgan fingerprint density at radius 2 is 1.46 bits per heavy atom. The third kappa shape index (κ3) is 10.6. The van der Waals surface area contributed by atoms with Crippen LogP contribution in [0.15, 0.2) is 72.8 Å². The summed E-state index contributed by atoms with van der Waals surface area (Å²) in [5, 5.41) is 22.4. The van der Waals surface area contributed by atoms with Crippen LogP contribution >= 0.6 is 12.2 Å². The summed E-state index contributed by atoms with van der Waals surface area (Å²) in [6.45, 7) is 7.76. The van der Waals surface area contributed by atoms with Crippen molar-refractivity contribution in [3.63, 3.8) is 0 Å². The number of carboxylic acid groups (broad SMARTS) is 1. The van der Waals surface area contributed by atoms with E-state index in [-0.39, 0.29) is 30.5 Å². The molecule has 0 saturated carbocycles. The highest BCUT2D eigenvalue weighted by atomic mass is 32.1. The zero-order valence-corrected chi connectivity index (χ0v) is 33.7. The number of carboxylic acids is 1. The van der Waals surface area contributed by atoms with Crippen molar-refractivity contribution in [1.82, 2.24) is 4.90 Å². The molecular weight excluding hydrogens is 703 g/mol. The molecule has 2 aliphatic heterocycles. The minimum atomic E-state index is -2.40. The Morgan fingerprint density at radius 1 is 0.907 bits per heavy atom. The van der Waals surface area contributed by atoms with Crippen LogP contribution in [0.3, 0.4) is 0 Å². The molecule has 2 aliphatic rings. The van der Waals surface area contributed by atoms with Gasteiger partial charge in [0.2, 0.25) is 5.91 Å². The van der Waals surface area contributed by atoms with Crippen molar-refractivity contribution in [2.45, 2.75) is 134 Å². The zero-order chi connectivity index (χ0) is 39.0. The first-order valence-corrected chi connectivity index (χ1v) is 20.5. The first-order valence-electron chi connectivity index (χ1n) is 20.1. The van der Waals surface area contributed by atoms with E-state index in [1.165, 1.54) is 37.7 Å². The third-order valence-corrected chi connectivity index (χ3v) is 11.2. The summed E-state index contributed by atoms with van der Waals surface area (Å²) in [5.41, 5.74) is -1.92. The maximum Gasteiger partial charge on any atom is 0.336 e. The number of allylic oxidation sites excluding steroid dienone is 1. The van der Waals surface area contributed by atoms with Crippen LogP contribution in [0.2, 0.25) is 0 Å². The van der Waals surface area contributed by atoms with E-state index in [1.807, 2.05) is 80.6 Å². The molecular formula is C44H63NO8S. The van der Waals surface area contributed by atoms with Gasteiger partial charge in [-0.1, -0.05) is 132 Å². The standard InChI is InChI=1S/C44H63NO8S/c1-5-6-7-11-20-28-42(51-32-33-52-42)29-21-12-9-8-10-19-27-37(43(49,40(47)48)30-22-31-50-4)39(46)45-38(34(2)3)44(53-41(45)54,35-23-15-13-16-24-35)36-25-17-14-18-26-36/h13-19,23-27,34,37-38,49H,5-12,20-22,28-33H2,1-4H3,(H,47,48)/t37-,38+,43+/m1/s1. The maximum absolute atomic E-state index is 14.9. The Morgan fingerprint density at radius 3 is 1.98 bits per heavy atom. The van der Waals surface area contributed by atoms with Gasteiger partial charge in [-0.05, 0) is 56.7 Å². The third-order valence-electron chi connectivity index (χ3n) is 11.0. The molecule has 54 heavy (non-hydrogen) atoms. The molecule has 0 bridgehead atoms. The van der Waals surface area contributed by atoms with Gasteiger partial charge in [0.05, 0.1) is 25.2 Å². The summed E-state index contributed by atoms with van der Waals surface area (Å²) in [5.74, 6) is -4.13. The molecule has 0 radical (unpaired) electrons. The molecule has 9 nitrogen and oxygen atoms in total. The number of carbonyl (C=O) groups excluding carboxylic acids is 1. The van der Waals surface area contributed by atoms with Crippen LogP contribution in [0.1, 0.15) is 122 Å². The number of benzene rings is 2. The van der Waals surface area contributed by atoms with Crippen LogP contribution < -0.4 is 0 Å². The van der Waals surface area contributed by atoms with Crippen molar-refractivity contribution >= 4 is 29.3 Å². The van der Waals surface area contributed by atoms with Gasteiger partial charge in [0.15, 0.2) is 17.0 Å². The predicted molar refractivity (Wildman–Crippen MR) is 215 cm³/mol. The normalized spacial score (nSPS) is 19.6. The van der Waals surface area contributed by atoms with E-state index >= 15 is 0 Å². The van der Waals surface area contributed by atoms with Gasteiger partial charge in [0, 0.05) is 37.7 Å². The Kier molecular flexibility index (Phi) is 17.1. The highest BCUT2D eigenvalue weighted by molar-refractivity contribution is 7.80. The fourth-order valence-corrected chi connectivity index (χ4v) is 8.50. The molecule has 0 spiro atoms. The number of aliphatic carboxylic acids is 1. The molecule has 10 heteroatoms. The number of carbonyl (C=O) groups is 2. The Hall–Kier alpha value is -3.15. The largest absolute Gasteiger partial charge is 0.479 e. The van der Waals surface area contributed by atoms with Crippen LogP contribution in [0.25, 0.3) is 0 Å². The predicted octanol–water partition coefficient (Wildman–Crippen LogP) is 8.96. The smallest absolute Gasteiger partial charge is 0.336 e. The highest BCUT2D eigenvalue weighted by Crippen LogP contribution is 2.48. The average molecular weight is 766 g/mol. The van der Waals surface area contributed by atoms with E-state index in [9.17, 15) is 19.8 Å². The first kappa shape index (κ1) is 43.6. The van der Waals surface area contributed by atoms with Crippen molar-refractivity contribution < 1.29 is 38.7 Å². The molecule has 0 aromatic heterocycles. The van der Waals surface area contributed by atoms with Crippen LogP contribution in [0.5, 0.6) is 0 Å². The molecule has 3 atom stereocenters. The van der Waals surface area contributed by atoms with Gasteiger partial charge >= 0.3 is 5.97 Å². The number of hydrogen-bond acceptors (Lipinski definition) is 8. The molecule has 1 amide bonds. The lowest BCUT2D eigenvalue weighted by molar-refractivity contribution is -0.169. The summed E-state index contributed by atoms with van der Waals surface area (Å²) in [6.07, 6.45) is 15.8. The second-order valence-electron chi connectivity index (χ2n) is 15.2. The van der Waals surface area contributed by atoms with E-state index in [2.05, 4.69) is 6.92 Å². The van der Waals surface area contributed by atoms with Crippen molar-refractivity contribution in [3.8, 4) is 0 Å². The number of rotatable bonds is 24. The van der Waals surface area contributed by atoms with Crippen LogP contribution in [0, 0.1) is 11.8 Å². The number of ether oxygens (including phenoxy) is 4. The van der Waals surface area contributed by atoms with Crippen molar-refractivity contribution in [3.05, 3.63) is 83.9 Å². The molecule has 298 valence electrons. The molecule has 0 unspecified atom stereocenters. The summed E-state index contributed by atoms with van der Waals surface area (Å²) < 4.78 is 24.0. The van der Waals surface area contributed by atoms with Crippen LogP contribution in [-0.4, -0.2) is 76.5 Å². The molecule has 2 aromatic carbocycles. The van der Waals surface area contributed by atoms with Gasteiger partial charge in [-0.2, -0.15) is 0 Å². The monoisotopic (exact) mass is 765 g/mol. The zero-order valence-electron chi connectivity index (χ0n) is 32.9. The second kappa shape index (κ2) is 21.2. The Balaban J connectivity index is 1.52. The van der Waals surface area contributed by atoms with E-state index in [0.717, 1.165) is 56.1 Å². The van der Waals surface area contributed by atoms with Gasteiger partial charge in [0.1, 0.15) is 0 Å². The summed E-state index contributed by atoms with van der Waals surface area (Å²) in [6, 6.07) is 18.7. The minimum absolute atomic E-state index is 0.0524. The summed E-state index contributed by atoms with van der Waals surface area (Å²) in [4.78, 5) is 29.3. The van der Waals surface area contributed by atoms with Crippen molar-refractivity contribution in [2.24, 2.45) is 11.8 Å². The number of hydrogen-bond donors (Lipinski definition) is 2. The molecule has 2 heterocycles. The maximum atomic E-state index is 14.9. The SMILES string of the molecule is CCCCCCCC1(CCCCCCC=C[C@H](C(=O)N2C(=S)OC(c3ccccc3)(c3ccccc3)[C@@H]2C(C)C)[C@@](O)(CCCOC)C(=O)O)OCCO1. The summed E-state index contributed by atoms with van der Waals surface area (Å²) in [7, 11) is 1.52. The Labute approximate surface area is 328 Å². The van der Waals surface area contributed by atoms with Gasteiger partial charge in [-0.15, -0.1) is 0 Å². The first-order chi connectivity index (χ1) is 26.1. The Bertz CT molecular complexity index is 1440. The van der Waals surface area contributed by atoms with E-state index < -0.39 is 40.8 Å². The molecule has 2 aromatic rings. The quantitative estimate of drug-likeness (QED) is 0.0614.